The molecule has 28 heavy (non-hydrogen) atoms. The van der Waals surface area contributed by atoms with Gasteiger partial charge in [-0.2, -0.15) is 4.31 Å². The Bertz CT molecular complexity index is 1070. The molecule has 0 amide bonds. The van der Waals surface area contributed by atoms with E-state index in [9.17, 15) is 13.2 Å². The molecule has 1 saturated heterocycles. The molecule has 0 saturated carbocycles. The lowest BCUT2D eigenvalue weighted by molar-refractivity contribution is -0.151. The Hall–Kier alpha value is -2.22. The van der Waals surface area contributed by atoms with E-state index in [0.717, 1.165) is 10.9 Å². The molecule has 1 aliphatic rings. The van der Waals surface area contributed by atoms with Gasteiger partial charge in [-0.05, 0) is 41.8 Å². The summed E-state index contributed by atoms with van der Waals surface area (Å²) in [6.07, 6.45) is 0.963. The molecule has 1 aliphatic heterocycles. The summed E-state index contributed by atoms with van der Waals surface area (Å²) < 4.78 is 33.5. The number of benzene rings is 2. The fourth-order valence-corrected chi connectivity index (χ4v) is 5.92. The molecule has 2 aromatic carbocycles. The molecule has 0 radical (unpaired) electrons. The van der Waals surface area contributed by atoms with Gasteiger partial charge in [0, 0.05) is 23.4 Å². The van der Waals surface area contributed by atoms with Crippen LogP contribution in [-0.2, 0) is 26.2 Å². The second kappa shape index (κ2) is 8.03. The van der Waals surface area contributed by atoms with Gasteiger partial charge in [0.05, 0.1) is 10.8 Å². The normalized spacial score (nSPS) is 16.3. The van der Waals surface area contributed by atoms with Gasteiger partial charge in [-0.25, -0.2) is 8.42 Å². The molecule has 146 valence electrons. The third-order valence-corrected chi connectivity index (χ3v) is 8.02. The first-order valence-corrected chi connectivity index (χ1v) is 11.5. The van der Waals surface area contributed by atoms with Gasteiger partial charge in [0.25, 0.3) is 0 Å². The Morgan fingerprint density at radius 2 is 1.71 bits per heavy atom. The molecule has 7 heteroatoms. The summed E-state index contributed by atoms with van der Waals surface area (Å²) in [4.78, 5) is 12.8. The number of rotatable bonds is 5. The predicted octanol–water partition coefficient (Wildman–Crippen LogP) is 4.05. The summed E-state index contributed by atoms with van der Waals surface area (Å²) in [7, 11) is -3.50. The number of hydrogen-bond acceptors (Lipinski definition) is 5. The van der Waals surface area contributed by atoms with Crippen LogP contribution in [-0.4, -0.2) is 31.8 Å². The summed E-state index contributed by atoms with van der Waals surface area (Å²) in [5.41, 5.74) is 1.01. The zero-order valence-electron chi connectivity index (χ0n) is 15.3. The topological polar surface area (TPSA) is 63.7 Å². The predicted molar refractivity (Wildman–Crippen MR) is 110 cm³/mol. The number of sulfonamides is 1. The third kappa shape index (κ3) is 3.83. The lowest BCUT2D eigenvalue weighted by Crippen LogP contribution is -2.40. The van der Waals surface area contributed by atoms with Crippen LogP contribution in [0.4, 0.5) is 0 Å². The highest BCUT2D eigenvalue weighted by atomic mass is 32.2. The summed E-state index contributed by atoms with van der Waals surface area (Å²) >= 11 is 1.64. The van der Waals surface area contributed by atoms with Gasteiger partial charge in [0.2, 0.25) is 10.0 Å². The van der Waals surface area contributed by atoms with Gasteiger partial charge in [-0.1, -0.05) is 36.4 Å². The zero-order valence-corrected chi connectivity index (χ0v) is 16.9. The Morgan fingerprint density at radius 3 is 2.46 bits per heavy atom. The van der Waals surface area contributed by atoms with Gasteiger partial charge in [0.1, 0.15) is 6.61 Å². The van der Waals surface area contributed by atoms with Crippen molar-refractivity contribution in [3.8, 4) is 0 Å². The standard InChI is InChI=1S/C21H21NO4S2/c23-21(26-14-17-15-27-20-9-5-4-8-19(17)20)16-10-12-22(13-11-16)28(24,25)18-6-2-1-3-7-18/h1-9,15-16H,10-14H2. The minimum atomic E-state index is -3.50. The number of nitrogens with zero attached hydrogens (tertiary/aromatic N) is 1. The van der Waals surface area contributed by atoms with Crippen LogP contribution >= 0.6 is 11.3 Å². The maximum absolute atomic E-state index is 12.7. The Morgan fingerprint density at radius 1 is 1.04 bits per heavy atom. The fraction of sp³-hybridized carbons (Fsp3) is 0.286. The maximum Gasteiger partial charge on any atom is 0.309 e. The Balaban J connectivity index is 1.34. The van der Waals surface area contributed by atoms with Gasteiger partial charge in [-0.15, -0.1) is 11.3 Å². The van der Waals surface area contributed by atoms with Crippen LogP contribution in [0, 0.1) is 5.92 Å². The van der Waals surface area contributed by atoms with E-state index in [1.54, 1.807) is 41.7 Å². The first kappa shape index (κ1) is 19.1. The average molecular weight is 416 g/mol. The van der Waals surface area contributed by atoms with Crippen LogP contribution in [0.3, 0.4) is 0 Å². The quantitative estimate of drug-likeness (QED) is 0.590. The second-order valence-corrected chi connectivity index (χ2v) is 9.71. The van der Waals surface area contributed by atoms with Crippen LogP contribution in [0.25, 0.3) is 10.1 Å². The maximum atomic E-state index is 12.7. The number of fused-ring (bicyclic) bond motifs is 1. The van der Waals surface area contributed by atoms with E-state index in [0.29, 0.717) is 30.8 Å². The summed E-state index contributed by atoms with van der Waals surface area (Å²) in [6.45, 7) is 0.919. The van der Waals surface area contributed by atoms with E-state index >= 15 is 0 Å². The van der Waals surface area contributed by atoms with E-state index < -0.39 is 10.0 Å². The number of hydrogen-bond donors (Lipinski definition) is 0. The smallest absolute Gasteiger partial charge is 0.309 e. The van der Waals surface area contributed by atoms with Crippen molar-refractivity contribution in [1.29, 1.82) is 0 Å². The third-order valence-electron chi connectivity index (χ3n) is 5.10. The van der Waals surface area contributed by atoms with Crippen LogP contribution in [0.15, 0.2) is 64.9 Å². The molecule has 0 N–H and O–H groups in total. The highest BCUT2D eigenvalue weighted by Gasteiger charge is 2.32. The molecule has 4 rings (SSSR count). The minimum absolute atomic E-state index is 0.243. The molecule has 3 aromatic rings. The zero-order chi connectivity index (χ0) is 19.6. The Labute approximate surface area is 168 Å². The lowest BCUT2D eigenvalue weighted by Gasteiger charge is -2.30. The molecule has 0 atom stereocenters. The number of carbonyl (C=O) groups excluding carboxylic acids is 1. The number of carbonyl (C=O) groups is 1. The van der Waals surface area contributed by atoms with E-state index in [1.165, 1.54) is 9.01 Å². The van der Waals surface area contributed by atoms with Crippen molar-refractivity contribution in [2.45, 2.75) is 24.3 Å². The molecule has 5 nitrogen and oxygen atoms in total. The molecule has 0 aliphatic carbocycles. The van der Waals surface area contributed by atoms with E-state index in [2.05, 4.69) is 0 Å². The van der Waals surface area contributed by atoms with E-state index in [-0.39, 0.29) is 18.5 Å². The highest BCUT2D eigenvalue weighted by molar-refractivity contribution is 7.89. The van der Waals surface area contributed by atoms with Gasteiger partial charge < -0.3 is 4.74 Å². The second-order valence-electron chi connectivity index (χ2n) is 6.86. The first-order valence-electron chi connectivity index (χ1n) is 9.22. The van der Waals surface area contributed by atoms with Crippen molar-refractivity contribution in [3.63, 3.8) is 0 Å². The van der Waals surface area contributed by atoms with Crippen molar-refractivity contribution in [3.05, 3.63) is 65.5 Å². The molecule has 1 fully saturated rings. The molecular formula is C21H21NO4S2. The summed E-state index contributed by atoms with van der Waals surface area (Å²) in [5, 5.41) is 3.14. The SMILES string of the molecule is O=C(OCc1csc2ccccc12)C1CCN(S(=O)(=O)c2ccccc2)CC1. The van der Waals surface area contributed by atoms with Crippen molar-refractivity contribution in [2.75, 3.05) is 13.1 Å². The van der Waals surface area contributed by atoms with Crippen molar-refractivity contribution in [2.24, 2.45) is 5.92 Å². The van der Waals surface area contributed by atoms with Gasteiger partial charge in [0.15, 0.2) is 0 Å². The largest absolute Gasteiger partial charge is 0.461 e. The highest BCUT2D eigenvalue weighted by Crippen LogP contribution is 2.28. The number of esters is 1. The first-order chi connectivity index (χ1) is 13.6. The van der Waals surface area contributed by atoms with Crippen LogP contribution in [0.5, 0.6) is 0 Å². The van der Waals surface area contributed by atoms with Crippen LogP contribution in [0.1, 0.15) is 18.4 Å². The minimum Gasteiger partial charge on any atom is -0.461 e. The van der Waals surface area contributed by atoms with Crippen LogP contribution < -0.4 is 0 Å². The number of thiophene rings is 1. The lowest BCUT2D eigenvalue weighted by atomic mass is 9.98. The Kier molecular flexibility index (Phi) is 5.48. The van der Waals surface area contributed by atoms with Crippen LogP contribution in [0.2, 0.25) is 0 Å². The summed E-state index contributed by atoms with van der Waals surface area (Å²) in [6, 6.07) is 16.5. The molecule has 0 spiro atoms. The molecule has 1 aromatic heterocycles. The molecule has 0 bridgehead atoms. The van der Waals surface area contributed by atoms with Crippen molar-refractivity contribution < 1.29 is 17.9 Å². The fourth-order valence-electron chi connectivity index (χ4n) is 3.48. The molecule has 2 heterocycles. The molecular weight excluding hydrogens is 394 g/mol. The van der Waals surface area contributed by atoms with Gasteiger partial charge in [-0.3, -0.25) is 4.79 Å². The van der Waals surface area contributed by atoms with Crippen molar-refractivity contribution in [1.82, 2.24) is 4.31 Å². The number of piperidine rings is 1. The van der Waals surface area contributed by atoms with E-state index in [4.69, 9.17) is 4.74 Å². The summed E-state index contributed by atoms with van der Waals surface area (Å²) in [5.74, 6) is -0.501. The average Bonchev–Trinajstić information content (AvgIpc) is 3.16. The molecule has 0 unspecified atom stereocenters. The monoisotopic (exact) mass is 415 g/mol. The van der Waals surface area contributed by atoms with Gasteiger partial charge >= 0.3 is 5.97 Å². The number of ether oxygens (including phenoxy) is 1. The van der Waals surface area contributed by atoms with Crippen molar-refractivity contribution >= 4 is 37.4 Å². The van der Waals surface area contributed by atoms with E-state index in [1.807, 2.05) is 29.6 Å².